The van der Waals surface area contributed by atoms with Crippen molar-refractivity contribution in [2.45, 2.75) is 38.9 Å². The lowest BCUT2D eigenvalue weighted by atomic mass is 9.94. The zero-order valence-corrected chi connectivity index (χ0v) is 10.7. The van der Waals surface area contributed by atoms with Crippen LogP contribution in [0.4, 0.5) is 0 Å². The van der Waals surface area contributed by atoms with Crippen LogP contribution in [0.5, 0.6) is 0 Å². The molecular weight excluding hydrogens is 222 g/mol. The van der Waals surface area contributed by atoms with Gasteiger partial charge in [0.15, 0.2) is 0 Å². The van der Waals surface area contributed by atoms with E-state index in [1.807, 2.05) is 20.8 Å². The predicted octanol–water partition coefficient (Wildman–Crippen LogP) is -0.149. The normalized spacial score (nSPS) is 24.2. The molecule has 0 amide bonds. The molecular formula is C11H23N3O3. The van der Waals surface area contributed by atoms with Crippen molar-refractivity contribution < 1.29 is 14.6 Å². The summed E-state index contributed by atoms with van der Waals surface area (Å²) >= 11 is 0. The first-order valence-corrected chi connectivity index (χ1v) is 5.62. The molecule has 0 aromatic carbocycles. The van der Waals surface area contributed by atoms with Gasteiger partial charge < -0.3 is 20.9 Å². The van der Waals surface area contributed by atoms with Gasteiger partial charge in [-0.2, -0.15) is 0 Å². The van der Waals surface area contributed by atoms with Crippen LogP contribution in [0.3, 0.4) is 0 Å². The van der Waals surface area contributed by atoms with Gasteiger partial charge in [-0.3, -0.25) is 10.2 Å². The number of ether oxygens (including phenoxy) is 1. The fraction of sp³-hybridized carbons (Fsp3) is 0.818. The molecule has 0 aromatic heterocycles. The third-order valence-electron chi connectivity index (χ3n) is 2.25. The fourth-order valence-corrected chi connectivity index (χ4v) is 1.35. The minimum atomic E-state index is -0.466. The van der Waals surface area contributed by atoms with Crippen LogP contribution < -0.4 is 11.1 Å². The maximum absolute atomic E-state index is 9.60. The molecule has 1 fully saturated rings. The number of aliphatic hydroxyl groups excluding tert-OH is 1. The van der Waals surface area contributed by atoms with Gasteiger partial charge >= 0.3 is 0 Å². The second kappa shape index (κ2) is 7.24. The molecule has 1 aliphatic rings. The summed E-state index contributed by atoms with van der Waals surface area (Å²) in [6, 6.07) is 0. The van der Waals surface area contributed by atoms with Crippen LogP contribution in [0.1, 0.15) is 27.2 Å². The minimum Gasteiger partial charge on any atom is -0.462 e. The lowest BCUT2D eigenvalue weighted by Gasteiger charge is -2.26. The molecule has 0 aliphatic carbocycles. The van der Waals surface area contributed by atoms with Crippen LogP contribution in [0.2, 0.25) is 0 Å². The quantitative estimate of drug-likeness (QED) is 0.307. The number of amidine groups is 1. The summed E-state index contributed by atoms with van der Waals surface area (Å²) < 4.78 is 4.55. The Kier molecular flexibility index (Phi) is 6.75. The number of β-amino-alcohol motifs (C(OH)–C–C–N with tert-alkyl or cyclic N) is 1. The third-order valence-corrected chi connectivity index (χ3v) is 2.25. The largest absolute Gasteiger partial charge is 0.462 e. The van der Waals surface area contributed by atoms with Crippen molar-refractivity contribution >= 4 is 12.3 Å². The zero-order valence-electron chi connectivity index (χ0n) is 10.7. The van der Waals surface area contributed by atoms with Gasteiger partial charge in [-0.25, -0.2) is 0 Å². The molecule has 2 atom stereocenters. The monoisotopic (exact) mass is 245 g/mol. The Morgan fingerprint density at radius 2 is 2.18 bits per heavy atom. The lowest BCUT2D eigenvalue weighted by Crippen LogP contribution is -2.45. The van der Waals surface area contributed by atoms with Gasteiger partial charge in [0.2, 0.25) is 0 Å². The van der Waals surface area contributed by atoms with Crippen molar-refractivity contribution in [2.24, 2.45) is 11.7 Å². The van der Waals surface area contributed by atoms with Crippen molar-refractivity contribution in [1.29, 1.82) is 5.41 Å². The summed E-state index contributed by atoms with van der Waals surface area (Å²) in [4.78, 5) is 9.60. The van der Waals surface area contributed by atoms with Gasteiger partial charge in [-0.15, -0.1) is 0 Å². The maximum atomic E-state index is 9.60. The molecule has 0 saturated carbocycles. The highest BCUT2D eigenvalue weighted by Crippen LogP contribution is 2.11. The second-order valence-corrected chi connectivity index (χ2v) is 4.95. The van der Waals surface area contributed by atoms with E-state index in [1.165, 1.54) is 0 Å². The standard InChI is InChI=1S/C6H13N3O.C5H10O2/c7-6(8)4-1-2-9-3-5(4)10;1-5(2,3)7-4-6/h4-5,9-10H,1-3H2,(H3,7,8);4H,1-3H3. The van der Waals surface area contributed by atoms with E-state index in [4.69, 9.17) is 11.1 Å². The molecule has 2 unspecified atom stereocenters. The summed E-state index contributed by atoms with van der Waals surface area (Å²) in [7, 11) is 0. The molecule has 17 heavy (non-hydrogen) atoms. The second-order valence-electron chi connectivity index (χ2n) is 4.95. The number of nitrogens with one attached hydrogen (secondary N) is 2. The molecule has 6 heteroatoms. The third kappa shape index (κ3) is 7.70. The average Bonchev–Trinajstić information content (AvgIpc) is 2.16. The van der Waals surface area contributed by atoms with Crippen LogP contribution in [-0.2, 0) is 9.53 Å². The van der Waals surface area contributed by atoms with Crippen LogP contribution in [0, 0.1) is 11.3 Å². The summed E-state index contributed by atoms with van der Waals surface area (Å²) in [6.45, 7) is 7.33. The topological polar surface area (TPSA) is 108 Å². The van der Waals surface area contributed by atoms with Gasteiger partial charge in [0.1, 0.15) is 5.60 Å². The van der Waals surface area contributed by atoms with Gasteiger partial charge in [-0.05, 0) is 33.7 Å². The Bertz CT molecular complexity index is 251. The highest BCUT2D eigenvalue weighted by Gasteiger charge is 2.24. The molecule has 0 aromatic rings. The molecule has 0 radical (unpaired) electrons. The summed E-state index contributed by atoms with van der Waals surface area (Å²) in [5, 5.41) is 19.4. The highest BCUT2D eigenvalue weighted by atomic mass is 16.5. The number of rotatable bonds is 2. The first kappa shape index (κ1) is 15.9. The summed E-state index contributed by atoms with van der Waals surface area (Å²) in [5.41, 5.74) is 4.94. The van der Waals surface area contributed by atoms with Crippen molar-refractivity contribution in [1.82, 2.24) is 5.32 Å². The molecule has 6 nitrogen and oxygen atoms in total. The van der Waals surface area contributed by atoms with Crippen molar-refractivity contribution in [3.8, 4) is 0 Å². The van der Waals surface area contributed by atoms with Gasteiger partial charge in [0.25, 0.3) is 6.47 Å². The van der Waals surface area contributed by atoms with E-state index < -0.39 is 6.10 Å². The van der Waals surface area contributed by atoms with E-state index in [0.29, 0.717) is 13.0 Å². The van der Waals surface area contributed by atoms with Crippen LogP contribution in [0.15, 0.2) is 0 Å². The number of nitrogens with two attached hydrogens (primary N) is 1. The maximum Gasteiger partial charge on any atom is 0.293 e. The first-order valence-electron chi connectivity index (χ1n) is 5.62. The molecule has 0 spiro atoms. The lowest BCUT2D eigenvalue weighted by molar-refractivity contribution is -0.138. The Hall–Kier alpha value is -1.14. The Morgan fingerprint density at radius 3 is 2.41 bits per heavy atom. The van der Waals surface area contributed by atoms with E-state index in [-0.39, 0.29) is 17.4 Å². The molecule has 1 aliphatic heterocycles. The molecule has 100 valence electrons. The summed E-state index contributed by atoms with van der Waals surface area (Å²) in [5.74, 6) is -0.0183. The SMILES string of the molecule is CC(C)(C)OC=O.N=C(N)C1CCNCC1O. The molecule has 1 saturated heterocycles. The van der Waals surface area contributed by atoms with E-state index in [2.05, 4.69) is 10.1 Å². The van der Waals surface area contributed by atoms with E-state index in [0.717, 1.165) is 13.0 Å². The number of piperidine rings is 1. The van der Waals surface area contributed by atoms with Crippen molar-refractivity contribution in [2.75, 3.05) is 13.1 Å². The number of carbonyl (C=O) groups excluding carboxylic acids is 1. The fourth-order valence-electron chi connectivity index (χ4n) is 1.35. The van der Waals surface area contributed by atoms with E-state index in [1.54, 1.807) is 0 Å². The molecule has 1 rings (SSSR count). The molecule has 0 bridgehead atoms. The van der Waals surface area contributed by atoms with E-state index >= 15 is 0 Å². The average molecular weight is 245 g/mol. The number of hydrogen-bond donors (Lipinski definition) is 4. The highest BCUT2D eigenvalue weighted by molar-refractivity contribution is 5.80. The van der Waals surface area contributed by atoms with Gasteiger partial charge in [0.05, 0.1) is 11.9 Å². The number of hydrogen-bond acceptors (Lipinski definition) is 5. The Morgan fingerprint density at radius 1 is 1.59 bits per heavy atom. The molecule has 5 N–H and O–H groups in total. The zero-order chi connectivity index (χ0) is 13.5. The smallest absolute Gasteiger partial charge is 0.293 e. The van der Waals surface area contributed by atoms with Crippen LogP contribution in [-0.4, -0.2) is 42.2 Å². The van der Waals surface area contributed by atoms with Crippen molar-refractivity contribution in [3.05, 3.63) is 0 Å². The van der Waals surface area contributed by atoms with Crippen LogP contribution >= 0.6 is 0 Å². The minimum absolute atomic E-state index is 0.106. The number of carbonyl (C=O) groups is 1. The van der Waals surface area contributed by atoms with Crippen LogP contribution in [0.25, 0.3) is 0 Å². The molecule has 1 heterocycles. The first-order chi connectivity index (χ1) is 7.78. The Balaban J connectivity index is 0.000000325. The summed E-state index contributed by atoms with van der Waals surface area (Å²) in [6.07, 6.45) is 0.308. The predicted molar refractivity (Wildman–Crippen MR) is 65.8 cm³/mol. The van der Waals surface area contributed by atoms with Crippen molar-refractivity contribution in [3.63, 3.8) is 0 Å². The van der Waals surface area contributed by atoms with Gasteiger partial charge in [0, 0.05) is 12.5 Å². The van der Waals surface area contributed by atoms with E-state index in [9.17, 15) is 9.90 Å². The Labute approximate surface area is 102 Å². The number of aliphatic hydroxyl groups is 1. The van der Waals surface area contributed by atoms with Gasteiger partial charge in [-0.1, -0.05) is 0 Å².